The standard InChI is InChI=1S/C17H12F6O3/c1-2-25-15(24)12-9-10(7-8-14(12)26-17(21,22)23)11-5-3-4-6-13(11)16(18,19)20/h3-9H,2H2,1H3. The second kappa shape index (κ2) is 7.27. The molecule has 0 aliphatic carbocycles. The fourth-order valence-corrected chi connectivity index (χ4v) is 2.26. The van der Waals surface area contributed by atoms with Crippen molar-refractivity contribution in [3.8, 4) is 16.9 Å². The summed E-state index contributed by atoms with van der Waals surface area (Å²) in [6, 6.07) is 7.17. The van der Waals surface area contributed by atoms with Crippen LogP contribution < -0.4 is 4.74 Å². The van der Waals surface area contributed by atoms with Crippen molar-refractivity contribution < 1.29 is 40.6 Å². The number of hydrogen-bond donors (Lipinski definition) is 0. The van der Waals surface area contributed by atoms with E-state index in [2.05, 4.69) is 9.47 Å². The lowest BCUT2D eigenvalue weighted by Crippen LogP contribution is -2.19. The Hall–Kier alpha value is -2.71. The molecule has 3 nitrogen and oxygen atoms in total. The molecule has 26 heavy (non-hydrogen) atoms. The molecule has 2 aromatic rings. The van der Waals surface area contributed by atoms with Gasteiger partial charge < -0.3 is 9.47 Å². The molecular weight excluding hydrogens is 366 g/mol. The van der Waals surface area contributed by atoms with E-state index in [1.165, 1.54) is 19.1 Å². The van der Waals surface area contributed by atoms with E-state index in [0.717, 1.165) is 30.3 Å². The van der Waals surface area contributed by atoms with E-state index in [1.54, 1.807) is 0 Å². The molecule has 0 saturated carbocycles. The second-order valence-corrected chi connectivity index (χ2v) is 5.02. The largest absolute Gasteiger partial charge is 0.573 e. The molecule has 0 aliphatic heterocycles. The van der Waals surface area contributed by atoms with Gasteiger partial charge in [-0.1, -0.05) is 24.3 Å². The zero-order valence-electron chi connectivity index (χ0n) is 13.2. The van der Waals surface area contributed by atoms with Crippen molar-refractivity contribution in [3.05, 3.63) is 53.6 Å². The lowest BCUT2D eigenvalue weighted by Gasteiger charge is -2.16. The molecule has 0 unspecified atom stereocenters. The molecule has 2 rings (SSSR count). The average Bonchev–Trinajstić information content (AvgIpc) is 2.53. The fourth-order valence-electron chi connectivity index (χ4n) is 2.26. The van der Waals surface area contributed by atoms with Crippen LogP contribution in [0.5, 0.6) is 5.75 Å². The zero-order valence-corrected chi connectivity index (χ0v) is 13.2. The van der Waals surface area contributed by atoms with Crippen molar-refractivity contribution in [2.45, 2.75) is 19.5 Å². The summed E-state index contributed by atoms with van der Waals surface area (Å²) >= 11 is 0. The van der Waals surface area contributed by atoms with Crippen molar-refractivity contribution in [2.75, 3.05) is 6.61 Å². The second-order valence-electron chi connectivity index (χ2n) is 5.02. The van der Waals surface area contributed by atoms with Gasteiger partial charge >= 0.3 is 18.5 Å². The SMILES string of the molecule is CCOC(=O)c1cc(-c2ccccc2C(F)(F)F)ccc1OC(F)(F)F. The molecule has 0 heterocycles. The molecule has 0 N–H and O–H groups in total. The Morgan fingerprint density at radius 1 is 1.00 bits per heavy atom. The first kappa shape index (κ1) is 19.6. The number of hydrogen-bond acceptors (Lipinski definition) is 3. The van der Waals surface area contributed by atoms with Gasteiger partial charge in [-0.05, 0) is 36.2 Å². The third-order valence-corrected chi connectivity index (χ3v) is 3.24. The van der Waals surface area contributed by atoms with Crippen LogP contribution in [-0.2, 0) is 10.9 Å². The summed E-state index contributed by atoms with van der Waals surface area (Å²) in [6.45, 7) is 1.30. The van der Waals surface area contributed by atoms with Crippen LogP contribution in [0.15, 0.2) is 42.5 Å². The maximum absolute atomic E-state index is 13.2. The van der Waals surface area contributed by atoms with Gasteiger partial charge in [0, 0.05) is 0 Å². The van der Waals surface area contributed by atoms with Gasteiger partial charge in [-0.3, -0.25) is 0 Å². The van der Waals surface area contributed by atoms with E-state index in [4.69, 9.17) is 0 Å². The van der Waals surface area contributed by atoms with E-state index >= 15 is 0 Å². The first-order valence-corrected chi connectivity index (χ1v) is 7.26. The van der Waals surface area contributed by atoms with Crippen molar-refractivity contribution >= 4 is 5.97 Å². The maximum Gasteiger partial charge on any atom is 0.573 e. The normalized spacial score (nSPS) is 12.0. The van der Waals surface area contributed by atoms with Crippen LogP contribution in [0, 0.1) is 0 Å². The topological polar surface area (TPSA) is 35.5 Å². The predicted molar refractivity (Wildman–Crippen MR) is 79.5 cm³/mol. The van der Waals surface area contributed by atoms with Crippen LogP contribution >= 0.6 is 0 Å². The van der Waals surface area contributed by atoms with Gasteiger partial charge in [-0.15, -0.1) is 13.2 Å². The Morgan fingerprint density at radius 3 is 2.23 bits per heavy atom. The summed E-state index contributed by atoms with van der Waals surface area (Å²) in [5, 5.41) is 0. The smallest absolute Gasteiger partial charge is 0.462 e. The van der Waals surface area contributed by atoms with Crippen LogP contribution in [-0.4, -0.2) is 18.9 Å². The van der Waals surface area contributed by atoms with Gasteiger partial charge in [-0.25, -0.2) is 4.79 Å². The molecule has 0 aliphatic rings. The highest BCUT2D eigenvalue weighted by atomic mass is 19.4. The predicted octanol–water partition coefficient (Wildman–Crippen LogP) is 5.45. The van der Waals surface area contributed by atoms with Crippen molar-refractivity contribution in [1.29, 1.82) is 0 Å². The monoisotopic (exact) mass is 378 g/mol. The van der Waals surface area contributed by atoms with Gasteiger partial charge in [0.05, 0.1) is 12.2 Å². The summed E-state index contributed by atoms with van der Waals surface area (Å²) in [6.07, 6.45) is -9.76. The number of alkyl halides is 6. The van der Waals surface area contributed by atoms with Gasteiger partial charge in [0.15, 0.2) is 0 Å². The summed E-state index contributed by atoms with van der Waals surface area (Å²) in [5.74, 6) is -2.00. The first-order valence-electron chi connectivity index (χ1n) is 7.26. The van der Waals surface area contributed by atoms with Gasteiger partial charge in [-0.2, -0.15) is 13.2 Å². The summed E-state index contributed by atoms with van der Waals surface area (Å²) < 4.78 is 85.4. The van der Waals surface area contributed by atoms with Gasteiger partial charge in [0.1, 0.15) is 11.3 Å². The Labute approximate surface area is 144 Å². The minimum atomic E-state index is -5.08. The molecule has 0 amide bonds. The number of halogens is 6. The molecule has 9 heteroatoms. The number of rotatable bonds is 4. The quantitative estimate of drug-likeness (QED) is 0.524. The molecule has 2 aromatic carbocycles. The Balaban J connectivity index is 2.60. The zero-order chi connectivity index (χ0) is 19.5. The highest BCUT2D eigenvalue weighted by Crippen LogP contribution is 2.38. The van der Waals surface area contributed by atoms with Crippen molar-refractivity contribution in [1.82, 2.24) is 0 Å². The lowest BCUT2D eigenvalue weighted by atomic mass is 9.97. The summed E-state index contributed by atoms with van der Waals surface area (Å²) in [5.41, 5.74) is -2.00. The highest BCUT2D eigenvalue weighted by molar-refractivity contribution is 5.94. The number of carbonyl (C=O) groups is 1. The van der Waals surface area contributed by atoms with Crippen LogP contribution in [0.2, 0.25) is 0 Å². The minimum absolute atomic E-state index is 0.101. The van der Waals surface area contributed by atoms with E-state index in [0.29, 0.717) is 0 Å². The van der Waals surface area contributed by atoms with Crippen molar-refractivity contribution in [3.63, 3.8) is 0 Å². The number of carbonyl (C=O) groups excluding carboxylic acids is 1. The van der Waals surface area contributed by atoms with Crippen LogP contribution in [0.4, 0.5) is 26.3 Å². The van der Waals surface area contributed by atoms with Gasteiger partial charge in [0.2, 0.25) is 0 Å². The van der Waals surface area contributed by atoms with Crippen LogP contribution in [0.25, 0.3) is 11.1 Å². The van der Waals surface area contributed by atoms with Crippen LogP contribution in [0.1, 0.15) is 22.8 Å². The van der Waals surface area contributed by atoms with E-state index in [9.17, 15) is 31.1 Å². The molecule has 0 fully saturated rings. The molecule has 0 spiro atoms. The molecule has 0 saturated heterocycles. The van der Waals surface area contributed by atoms with E-state index in [-0.39, 0.29) is 17.7 Å². The summed E-state index contributed by atoms with van der Waals surface area (Å²) in [4.78, 5) is 11.9. The summed E-state index contributed by atoms with van der Waals surface area (Å²) in [7, 11) is 0. The fraction of sp³-hybridized carbons (Fsp3) is 0.235. The van der Waals surface area contributed by atoms with Crippen molar-refractivity contribution in [2.24, 2.45) is 0 Å². The Kier molecular flexibility index (Phi) is 5.48. The number of benzene rings is 2. The van der Waals surface area contributed by atoms with E-state index in [1.807, 2.05) is 0 Å². The molecule has 0 radical (unpaired) electrons. The van der Waals surface area contributed by atoms with Crippen LogP contribution in [0.3, 0.4) is 0 Å². The first-order chi connectivity index (χ1) is 12.0. The molecule has 0 bridgehead atoms. The van der Waals surface area contributed by atoms with E-state index < -0.39 is 35.4 Å². The minimum Gasteiger partial charge on any atom is -0.462 e. The highest BCUT2D eigenvalue weighted by Gasteiger charge is 2.35. The molecular formula is C17H12F6O3. The average molecular weight is 378 g/mol. The Morgan fingerprint density at radius 2 is 1.65 bits per heavy atom. The van der Waals surface area contributed by atoms with Gasteiger partial charge in [0.25, 0.3) is 0 Å². The third-order valence-electron chi connectivity index (χ3n) is 3.24. The number of esters is 1. The molecule has 0 aromatic heterocycles. The Bertz CT molecular complexity index is 796. The lowest BCUT2D eigenvalue weighted by molar-refractivity contribution is -0.274. The third kappa shape index (κ3) is 4.68. The maximum atomic E-state index is 13.2. The molecule has 140 valence electrons. The molecule has 0 atom stereocenters. The number of ether oxygens (including phenoxy) is 2.